The molecule has 0 spiro atoms. The van der Waals surface area contributed by atoms with Crippen LogP contribution in [-0.2, 0) is 0 Å². The number of hydrogen-bond donors (Lipinski definition) is 1. The minimum absolute atomic E-state index is 0.0971. The summed E-state index contributed by atoms with van der Waals surface area (Å²) in [6, 6.07) is 6.10. The minimum atomic E-state index is 0.0971. The van der Waals surface area contributed by atoms with E-state index in [0.717, 1.165) is 23.7 Å². The smallest absolute Gasteiger partial charge is 0.254 e. The lowest BCUT2D eigenvalue weighted by atomic mass is 10.1. The topological polar surface area (TPSA) is 46.3 Å². The Hall–Kier alpha value is -1.03. The number of nitrogens with zero attached hydrogens (tertiary/aromatic N) is 1. The van der Waals surface area contributed by atoms with Gasteiger partial charge in [-0.15, -0.1) is 0 Å². The normalized spacial score (nSPS) is 23.4. The first-order chi connectivity index (χ1) is 8.52. The Morgan fingerprint density at radius 3 is 2.78 bits per heavy atom. The maximum atomic E-state index is 12.6. The summed E-state index contributed by atoms with van der Waals surface area (Å²) in [5.74, 6) is 0.0971. The van der Waals surface area contributed by atoms with Crippen LogP contribution in [0.4, 0.5) is 5.69 Å². The van der Waals surface area contributed by atoms with E-state index in [4.69, 9.17) is 5.73 Å². The Balaban J connectivity index is 2.29. The van der Waals surface area contributed by atoms with Gasteiger partial charge in [0, 0.05) is 27.8 Å². The average Bonchev–Trinajstić information content (AvgIpc) is 2.68. The SMILES string of the molecule is CCC1CCC(C)N1C(=O)c1cc(N)cc(Br)c1. The number of hydrogen-bond acceptors (Lipinski definition) is 2. The van der Waals surface area contributed by atoms with Crippen LogP contribution >= 0.6 is 15.9 Å². The molecule has 0 aliphatic carbocycles. The molecular weight excluding hydrogens is 292 g/mol. The van der Waals surface area contributed by atoms with Crippen molar-refractivity contribution in [3.63, 3.8) is 0 Å². The fraction of sp³-hybridized carbons (Fsp3) is 0.500. The molecular formula is C14H19BrN2O. The molecule has 2 rings (SSSR count). The van der Waals surface area contributed by atoms with Gasteiger partial charge in [-0.1, -0.05) is 22.9 Å². The van der Waals surface area contributed by atoms with Crippen LogP contribution in [0.3, 0.4) is 0 Å². The molecule has 2 N–H and O–H groups in total. The van der Waals surface area contributed by atoms with E-state index in [1.165, 1.54) is 0 Å². The fourth-order valence-electron chi connectivity index (χ4n) is 2.72. The van der Waals surface area contributed by atoms with Crippen LogP contribution in [0.15, 0.2) is 22.7 Å². The van der Waals surface area contributed by atoms with Gasteiger partial charge in [-0.05, 0) is 44.4 Å². The summed E-state index contributed by atoms with van der Waals surface area (Å²) < 4.78 is 0.853. The molecule has 0 saturated carbocycles. The molecule has 0 aromatic heterocycles. The first kappa shape index (κ1) is 13.4. The van der Waals surface area contributed by atoms with Gasteiger partial charge in [-0.25, -0.2) is 0 Å². The number of carbonyl (C=O) groups excluding carboxylic acids is 1. The van der Waals surface area contributed by atoms with E-state index >= 15 is 0 Å². The maximum absolute atomic E-state index is 12.6. The fourth-order valence-corrected chi connectivity index (χ4v) is 3.23. The number of anilines is 1. The molecule has 3 nitrogen and oxygen atoms in total. The number of nitrogens with two attached hydrogens (primary N) is 1. The summed E-state index contributed by atoms with van der Waals surface area (Å²) in [6.07, 6.45) is 3.21. The molecule has 2 unspecified atom stereocenters. The monoisotopic (exact) mass is 310 g/mol. The number of likely N-dealkylation sites (tertiary alicyclic amines) is 1. The van der Waals surface area contributed by atoms with Gasteiger partial charge in [-0.2, -0.15) is 0 Å². The van der Waals surface area contributed by atoms with Crippen molar-refractivity contribution in [1.82, 2.24) is 4.90 Å². The summed E-state index contributed by atoms with van der Waals surface area (Å²) in [6.45, 7) is 4.26. The van der Waals surface area contributed by atoms with Gasteiger partial charge in [0.15, 0.2) is 0 Å². The lowest BCUT2D eigenvalue weighted by molar-refractivity contribution is 0.0676. The number of halogens is 1. The van der Waals surface area contributed by atoms with Crippen molar-refractivity contribution in [3.05, 3.63) is 28.2 Å². The van der Waals surface area contributed by atoms with Crippen LogP contribution in [0.1, 0.15) is 43.5 Å². The third-order valence-corrected chi connectivity index (χ3v) is 4.12. The molecule has 1 fully saturated rings. The van der Waals surface area contributed by atoms with E-state index < -0.39 is 0 Å². The van der Waals surface area contributed by atoms with E-state index in [9.17, 15) is 4.79 Å². The minimum Gasteiger partial charge on any atom is -0.399 e. The molecule has 1 aliphatic heterocycles. The molecule has 2 atom stereocenters. The molecule has 18 heavy (non-hydrogen) atoms. The van der Waals surface area contributed by atoms with Gasteiger partial charge >= 0.3 is 0 Å². The zero-order valence-corrected chi connectivity index (χ0v) is 12.4. The van der Waals surface area contributed by atoms with Gasteiger partial charge in [0.05, 0.1) is 0 Å². The molecule has 0 bridgehead atoms. The van der Waals surface area contributed by atoms with E-state index in [1.807, 2.05) is 17.0 Å². The van der Waals surface area contributed by atoms with Gasteiger partial charge in [0.2, 0.25) is 0 Å². The Bertz CT molecular complexity index is 441. The van der Waals surface area contributed by atoms with Crippen LogP contribution in [0, 0.1) is 0 Å². The molecule has 1 amide bonds. The Kier molecular flexibility index (Phi) is 3.95. The van der Waals surface area contributed by atoms with E-state index in [0.29, 0.717) is 23.3 Å². The van der Waals surface area contributed by atoms with E-state index in [2.05, 4.69) is 29.8 Å². The second-order valence-electron chi connectivity index (χ2n) is 4.97. The van der Waals surface area contributed by atoms with Crippen molar-refractivity contribution in [2.24, 2.45) is 0 Å². The molecule has 4 heteroatoms. The second-order valence-corrected chi connectivity index (χ2v) is 5.89. The van der Waals surface area contributed by atoms with Crippen LogP contribution < -0.4 is 5.73 Å². The van der Waals surface area contributed by atoms with Crippen molar-refractivity contribution in [2.45, 2.75) is 45.2 Å². The number of amides is 1. The van der Waals surface area contributed by atoms with Gasteiger partial charge < -0.3 is 10.6 Å². The number of carbonyl (C=O) groups is 1. The van der Waals surface area contributed by atoms with Crippen molar-refractivity contribution >= 4 is 27.5 Å². The second kappa shape index (κ2) is 5.31. The first-order valence-corrected chi connectivity index (χ1v) is 7.21. The Morgan fingerprint density at radius 1 is 1.44 bits per heavy atom. The standard InChI is InChI=1S/C14H19BrN2O/c1-3-13-5-4-9(2)17(13)14(18)10-6-11(15)8-12(16)7-10/h6-9,13H,3-5,16H2,1-2H3. The largest absolute Gasteiger partial charge is 0.399 e. The summed E-state index contributed by atoms with van der Waals surface area (Å²) in [5.41, 5.74) is 7.09. The van der Waals surface area contributed by atoms with Crippen molar-refractivity contribution in [2.75, 3.05) is 5.73 Å². The predicted octanol–water partition coefficient (Wildman–Crippen LogP) is 3.43. The lowest BCUT2D eigenvalue weighted by Crippen LogP contribution is -2.39. The Labute approximate surface area is 116 Å². The third-order valence-electron chi connectivity index (χ3n) is 3.66. The Morgan fingerprint density at radius 2 is 2.17 bits per heavy atom. The third kappa shape index (κ3) is 2.53. The van der Waals surface area contributed by atoms with Crippen molar-refractivity contribution in [3.8, 4) is 0 Å². The molecule has 1 aromatic carbocycles. The van der Waals surface area contributed by atoms with Crippen molar-refractivity contribution < 1.29 is 4.79 Å². The number of nitrogen functional groups attached to an aromatic ring is 1. The zero-order chi connectivity index (χ0) is 13.3. The molecule has 1 saturated heterocycles. The van der Waals surface area contributed by atoms with Gasteiger partial charge in [0.1, 0.15) is 0 Å². The van der Waals surface area contributed by atoms with Crippen LogP contribution in [0.2, 0.25) is 0 Å². The molecule has 1 aliphatic rings. The highest BCUT2D eigenvalue weighted by atomic mass is 79.9. The number of benzene rings is 1. The zero-order valence-electron chi connectivity index (χ0n) is 10.8. The first-order valence-electron chi connectivity index (χ1n) is 6.41. The summed E-state index contributed by atoms with van der Waals surface area (Å²) in [5, 5.41) is 0. The molecule has 98 valence electrons. The highest BCUT2D eigenvalue weighted by molar-refractivity contribution is 9.10. The summed E-state index contributed by atoms with van der Waals surface area (Å²) >= 11 is 3.39. The van der Waals surface area contributed by atoms with Crippen LogP contribution in [-0.4, -0.2) is 22.9 Å². The van der Waals surface area contributed by atoms with E-state index in [-0.39, 0.29) is 5.91 Å². The predicted molar refractivity (Wildman–Crippen MR) is 77.5 cm³/mol. The number of rotatable bonds is 2. The highest BCUT2D eigenvalue weighted by Crippen LogP contribution is 2.29. The van der Waals surface area contributed by atoms with E-state index in [1.54, 1.807) is 6.07 Å². The summed E-state index contributed by atoms with van der Waals surface area (Å²) in [7, 11) is 0. The lowest BCUT2D eigenvalue weighted by Gasteiger charge is -2.28. The van der Waals surface area contributed by atoms with Gasteiger partial charge in [-0.3, -0.25) is 4.79 Å². The van der Waals surface area contributed by atoms with Crippen LogP contribution in [0.5, 0.6) is 0 Å². The maximum Gasteiger partial charge on any atom is 0.254 e. The molecule has 1 aromatic rings. The molecule has 0 radical (unpaired) electrons. The summed E-state index contributed by atoms with van der Waals surface area (Å²) in [4.78, 5) is 14.6. The molecule has 1 heterocycles. The average molecular weight is 311 g/mol. The quantitative estimate of drug-likeness (QED) is 0.851. The van der Waals surface area contributed by atoms with Crippen molar-refractivity contribution in [1.29, 1.82) is 0 Å². The van der Waals surface area contributed by atoms with Crippen LogP contribution in [0.25, 0.3) is 0 Å². The van der Waals surface area contributed by atoms with Gasteiger partial charge in [0.25, 0.3) is 5.91 Å². The highest BCUT2D eigenvalue weighted by Gasteiger charge is 2.33.